The van der Waals surface area contributed by atoms with E-state index < -0.39 is 16.9 Å². The van der Waals surface area contributed by atoms with Crippen LogP contribution < -0.4 is 10.2 Å². The summed E-state index contributed by atoms with van der Waals surface area (Å²) < 4.78 is 5.50. The van der Waals surface area contributed by atoms with Crippen LogP contribution in [0.25, 0.3) is 0 Å². The maximum atomic E-state index is 13.0. The Morgan fingerprint density at radius 1 is 1.18 bits per heavy atom. The summed E-state index contributed by atoms with van der Waals surface area (Å²) in [5.74, 6) is -1.03. The molecule has 1 N–H and O–H groups in total. The second-order valence-corrected chi connectivity index (χ2v) is 8.15. The van der Waals surface area contributed by atoms with Gasteiger partial charge in [0.2, 0.25) is 5.91 Å². The third-order valence-corrected chi connectivity index (χ3v) is 6.41. The Labute approximate surface area is 167 Å². The molecule has 6 nitrogen and oxygen atoms in total. The normalized spacial score (nSPS) is 21.0. The van der Waals surface area contributed by atoms with Gasteiger partial charge in [-0.2, -0.15) is 0 Å². The third-order valence-electron chi connectivity index (χ3n) is 4.95. The van der Waals surface area contributed by atoms with Gasteiger partial charge in [-0.15, -0.1) is 0 Å². The molecule has 4 rings (SSSR count). The van der Waals surface area contributed by atoms with Crippen molar-refractivity contribution in [2.45, 2.75) is 42.2 Å². The predicted octanol–water partition coefficient (Wildman–Crippen LogP) is 2.86. The molecule has 2 aromatic carbocycles. The molecule has 2 heterocycles. The summed E-state index contributed by atoms with van der Waals surface area (Å²) in [4.78, 5) is 39.1. The van der Waals surface area contributed by atoms with E-state index in [0.29, 0.717) is 13.0 Å². The second kappa shape index (κ2) is 7.31. The van der Waals surface area contributed by atoms with Crippen molar-refractivity contribution >= 4 is 35.2 Å². The van der Waals surface area contributed by atoms with Crippen LogP contribution in [0.4, 0.5) is 5.69 Å². The van der Waals surface area contributed by atoms with Crippen LogP contribution in [0.15, 0.2) is 59.5 Å². The van der Waals surface area contributed by atoms with Crippen LogP contribution in [0.3, 0.4) is 0 Å². The number of carbonyl (C=O) groups is 3. The Hall–Kier alpha value is -2.80. The molecule has 0 spiro atoms. The monoisotopic (exact) mass is 396 g/mol. The van der Waals surface area contributed by atoms with E-state index >= 15 is 0 Å². The first-order valence-electron chi connectivity index (χ1n) is 9.15. The average molecular weight is 396 g/mol. The minimum Gasteiger partial charge on any atom is -0.450 e. The minimum absolute atomic E-state index is 0.101. The van der Waals surface area contributed by atoms with E-state index in [4.69, 9.17) is 4.74 Å². The SMILES string of the molecule is C[C@H](OC(=O)[C@]12CCC(=O)N1c1ccccc1S2)C(=O)NCc1ccccc1. The predicted molar refractivity (Wildman–Crippen MR) is 106 cm³/mol. The van der Waals surface area contributed by atoms with Gasteiger partial charge in [-0.25, -0.2) is 4.79 Å². The standard InChI is InChI=1S/C21H20N2O4S/c1-14(19(25)22-13-15-7-3-2-4-8-15)27-20(26)21-12-11-18(24)23(21)16-9-5-6-10-17(16)28-21/h2-10,14H,11-13H2,1H3,(H,22,25)/t14-,21+/m0/s1. The maximum absolute atomic E-state index is 13.0. The molecule has 2 aliphatic rings. The zero-order chi connectivity index (χ0) is 19.7. The maximum Gasteiger partial charge on any atom is 0.344 e. The number of amides is 2. The molecule has 1 fully saturated rings. The molecule has 0 saturated carbocycles. The van der Waals surface area contributed by atoms with E-state index in [0.717, 1.165) is 16.1 Å². The number of carbonyl (C=O) groups excluding carboxylic acids is 3. The van der Waals surface area contributed by atoms with Crippen molar-refractivity contribution in [3.8, 4) is 0 Å². The summed E-state index contributed by atoms with van der Waals surface area (Å²) in [6, 6.07) is 16.9. The van der Waals surface area contributed by atoms with E-state index in [-0.39, 0.29) is 18.2 Å². The number of rotatable bonds is 5. The molecule has 7 heteroatoms. The van der Waals surface area contributed by atoms with Crippen molar-refractivity contribution < 1.29 is 19.1 Å². The Kier molecular flexibility index (Phi) is 4.85. The van der Waals surface area contributed by atoms with Crippen LogP contribution in [0, 0.1) is 0 Å². The van der Waals surface area contributed by atoms with Gasteiger partial charge in [0, 0.05) is 24.3 Å². The fourth-order valence-corrected chi connectivity index (χ4v) is 4.91. The summed E-state index contributed by atoms with van der Waals surface area (Å²) in [6.45, 7) is 1.90. The number of nitrogens with zero attached hydrogens (tertiary/aromatic N) is 1. The molecule has 2 aliphatic heterocycles. The molecular formula is C21H20N2O4S. The first kappa shape index (κ1) is 18.6. The van der Waals surface area contributed by atoms with E-state index in [9.17, 15) is 14.4 Å². The molecule has 0 unspecified atom stereocenters. The second-order valence-electron chi connectivity index (χ2n) is 6.83. The van der Waals surface area contributed by atoms with Gasteiger partial charge in [0.15, 0.2) is 11.0 Å². The lowest BCUT2D eigenvalue weighted by Crippen LogP contribution is -2.50. The summed E-state index contributed by atoms with van der Waals surface area (Å²) in [5, 5.41) is 2.77. The number of ether oxygens (including phenoxy) is 1. The molecule has 0 bridgehead atoms. The van der Waals surface area contributed by atoms with E-state index in [1.165, 1.54) is 16.7 Å². The summed E-state index contributed by atoms with van der Waals surface area (Å²) in [7, 11) is 0. The first-order chi connectivity index (χ1) is 13.5. The van der Waals surface area contributed by atoms with Gasteiger partial charge in [-0.3, -0.25) is 14.5 Å². The van der Waals surface area contributed by atoms with E-state index in [1.807, 2.05) is 54.6 Å². The number of hydrogen-bond acceptors (Lipinski definition) is 5. The molecule has 28 heavy (non-hydrogen) atoms. The number of benzene rings is 2. The van der Waals surface area contributed by atoms with Crippen LogP contribution in [0.5, 0.6) is 0 Å². The Bertz CT molecular complexity index is 933. The fourth-order valence-electron chi connectivity index (χ4n) is 3.51. The van der Waals surface area contributed by atoms with Gasteiger partial charge >= 0.3 is 5.97 Å². The molecule has 2 amide bonds. The molecule has 144 valence electrons. The molecule has 0 aliphatic carbocycles. The van der Waals surface area contributed by atoms with Crippen LogP contribution in [-0.4, -0.2) is 28.8 Å². The van der Waals surface area contributed by atoms with Gasteiger partial charge in [-0.05, 0) is 24.6 Å². The number of anilines is 1. The van der Waals surface area contributed by atoms with Crippen molar-refractivity contribution in [3.05, 3.63) is 60.2 Å². The molecular weight excluding hydrogens is 376 g/mol. The average Bonchev–Trinajstić information content (AvgIpc) is 3.22. The first-order valence-corrected chi connectivity index (χ1v) is 9.97. The lowest BCUT2D eigenvalue weighted by atomic mass is 10.2. The molecule has 2 atom stereocenters. The Morgan fingerprint density at radius 3 is 2.68 bits per heavy atom. The number of esters is 1. The molecule has 0 radical (unpaired) electrons. The van der Waals surface area contributed by atoms with Gasteiger partial charge in [0.1, 0.15) is 0 Å². The lowest BCUT2D eigenvalue weighted by molar-refractivity contribution is -0.157. The highest BCUT2D eigenvalue weighted by Crippen LogP contribution is 2.56. The largest absolute Gasteiger partial charge is 0.450 e. The van der Waals surface area contributed by atoms with Gasteiger partial charge < -0.3 is 10.1 Å². The topological polar surface area (TPSA) is 75.7 Å². The van der Waals surface area contributed by atoms with Crippen LogP contribution >= 0.6 is 11.8 Å². The molecule has 2 aromatic rings. The number of para-hydroxylation sites is 1. The zero-order valence-corrected chi connectivity index (χ0v) is 16.2. The van der Waals surface area contributed by atoms with Gasteiger partial charge in [0.05, 0.1) is 5.69 Å². The van der Waals surface area contributed by atoms with Crippen molar-refractivity contribution in [1.29, 1.82) is 0 Å². The Balaban J connectivity index is 1.44. The van der Waals surface area contributed by atoms with Crippen molar-refractivity contribution in [2.24, 2.45) is 0 Å². The van der Waals surface area contributed by atoms with Gasteiger partial charge in [-0.1, -0.05) is 54.2 Å². The number of hydrogen-bond donors (Lipinski definition) is 1. The van der Waals surface area contributed by atoms with E-state index in [1.54, 1.807) is 6.92 Å². The number of nitrogens with one attached hydrogen (secondary N) is 1. The summed E-state index contributed by atoms with van der Waals surface area (Å²) >= 11 is 1.33. The highest BCUT2D eigenvalue weighted by atomic mass is 32.2. The number of thioether (sulfide) groups is 1. The minimum atomic E-state index is -1.12. The zero-order valence-electron chi connectivity index (χ0n) is 15.4. The highest BCUT2D eigenvalue weighted by molar-refractivity contribution is 8.02. The smallest absolute Gasteiger partial charge is 0.344 e. The van der Waals surface area contributed by atoms with Crippen molar-refractivity contribution in [3.63, 3.8) is 0 Å². The lowest BCUT2D eigenvalue weighted by Gasteiger charge is -2.29. The Morgan fingerprint density at radius 2 is 1.89 bits per heavy atom. The van der Waals surface area contributed by atoms with Crippen molar-refractivity contribution in [1.82, 2.24) is 5.32 Å². The summed E-state index contributed by atoms with van der Waals surface area (Å²) in [6.07, 6.45) is -0.305. The van der Waals surface area contributed by atoms with Crippen LogP contribution in [0.2, 0.25) is 0 Å². The van der Waals surface area contributed by atoms with E-state index in [2.05, 4.69) is 5.32 Å². The van der Waals surface area contributed by atoms with Crippen LogP contribution in [0.1, 0.15) is 25.3 Å². The quantitative estimate of drug-likeness (QED) is 0.787. The fraction of sp³-hybridized carbons (Fsp3) is 0.286. The molecule has 1 saturated heterocycles. The molecule has 0 aromatic heterocycles. The third kappa shape index (κ3) is 3.16. The highest BCUT2D eigenvalue weighted by Gasteiger charge is 2.58. The summed E-state index contributed by atoms with van der Waals surface area (Å²) in [5.41, 5.74) is 1.69. The van der Waals surface area contributed by atoms with Crippen LogP contribution in [-0.2, 0) is 25.7 Å². The van der Waals surface area contributed by atoms with Gasteiger partial charge in [0.25, 0.3) is 5.91 Å². The van der Waals surface area contributed by atoms with Crippen molar-refractivity contribution in [2.75, 3.05) is 4.90 Å². The number of fused-ring (bicyclic) bond motifs is 3.